The number of β-lactam (4-membered cyclic amide) rings is 1. The summed E-state index contributed by atoms with van der Waals surface area (Å²) >= 11 is 1.71. The van der Waals surface area contributed by atoms with Gasteiger partial charge >= 0.3 is 5.97 Å². The highest BCUT2D eigenvalue weighted by molar-refractivity contribution is 8.00. The number of carbonyl (C=O) groups excluding carboxylic acids is 2. The molecule has 0 radical (unpaired) electrons. The fourth-order valence-electron chi connectivity index (χ4n) is 5.48. The number of fused-ring (bicyclic) bond motifs is 2. The van der Waals surface area contributed by atoms with Crippen molar-refractivity contribution < 1.29 is 23.9 Å². The number of ether oxygens (including phenoxy) is 1. The summed E-state index contributed by atoms with van der Waals surface area (Å²) in [7, 11) is 3.17. The first kappa shape index (κ1) is 22.0. The van der Waals surface area contributed by atoms with Gasteiger partial charge in [0, 0.05) is 36.8 Å². The fourth-order valence-corrected chi connectivity index (χ4v) is 6.73. The van der Waals surface area contributed by atoms with Gasteiger partial charge in [0.25, 0.3) is 0 Å². The van der Waals surface area contributed by atoms with Crippen molar-refractivity contribution >= 4 is 34.5 Å². The molecule has 3 aliphatic heterocycles. The van der Waals surface area contributed by atoms with Crippen molar-refractivity contribution in [2.75, 3.05) is 32.5 Å². The molecule has 174 valence electrons. The van der Waals surface area contributed by atoms with Crippen LogP contribution in [-0.4, -0.2) is 68.8 Å². The number of amides is 1. The zero-order valence-corrected chi connectivity index (χ0v) is 19.7. The van der Waals surface area contributed by atoms with Gasteiger partial charge in [0.2, 0.25) is 11.3 Å². The number of quaternary nitrogens is 1. The van der Waals surface area contributed by atoms with Gasteiger partial charge in [0.15, 0.2) is 5.75 Å². The van der Waals surface area contributed by atoms with Crippen molar-refractivity contribution in [2.24, 2.45) is 7.05 Å². The van der Waals surface area contributed by atoms with Crippen LogP contribution in [0, 0.1) is 0 Å². The van der Waals surface area contributed by atoms with Crippen LogP contribution in [0.25, 0.3) is 10.9 Å². The third-order valence-corrected chi connectivity index (χ3v) is 8.38. The molecule has 33 heavy (non-hydrogen) atoms. The zero-order chi connectivity index (χ0) is 23.3. The number of aromatic hydroxyl groups is 1. The number of hydrogen-bond donors (Lipinski definition) is 1. The smallest absolute Gasteiger partial charge is 0.355 e. The van der Waals surface area contributed by atoms with Crippen LogP contribution in [-0.2, 0) is 27.9 Å². The average Bonchev–Trinajstić information content (AvgIpc) is 3.24. The zero-order valence-electron chi connectivity index (χ0n) is 18.9. The summed E-state index contributed by atoms with van der Waals surface area (Å²) in [5.74, 6) is -0.00732. The number of rotatable bonds is 5. The van der Waals surface area contributed by atoms with E-state index in [-0.39, 0.29) is 22.5 Å². The maximum atomic E-state index is 12.6. The Kier molecular flexibility index (Phi) is 5.49. The van der Waals surface area contributed by atoms with Gasteiger partial charge in [-0.15, -0.1) is 11.8 Å². The van der Waals surface area contributed by atoms with Crippen molar-refractivity contribution in [3.63, 3.8) is 0 Å². The SMILES string of the molecule is COC(=O)C1=C(C[N+]2(Cc3ccc4c(c3)c(=O)c(O)cn4C)CCCC2)CS[C@@H]2CC(=O)N12. The largest absolute Gasteiger partial charge is 0.503 e. The first-order valence-electron chi connectivity index (χ1n) is 11.2. The summed E-state index contributed by atoms with van der Waals surface area (Å²) < 4.78 is 7.58. The van der Waals surface area contributed by atoms with Gasteiger partial charge in [0.1, 0.15) is 18.8 Å². The number of benzene rings is 1. The van der Waals surface area contributed by atoms with Crippen LogP contribution in [0.15, 0.2) is 40.5 Å². The molecule has 8 nitrogen and oxygen atoms in total. The lowest BCUT2D eigenvalue weighted by Crippen LogP contribution is -2.56. The molecule has 1 aromatic carbocycles. The van der Waals surface area contributed by atoms with Gasteiger partial charge in [-0.05, 0) is 12.1 Å². The van der Waals surface area contributed by atoms with Crippen LogP contribution in [0.2, 0.25) is 0 Å². The number of carbonyl (C=O) groups is 2. The molecule has 0 bridgehead atoms. The minimum absolute atomic E-state index is 0.0248. The molecule has 0 spiro atoms. The molecule has 3 aliphatic rings. The van der Waals surface area contributed by atoms with E-state index < -0.39 is 5.97 Å². The van der Waals surface area contributed by atoms with Gasteiger partial charge in [0.05, 0.1) is 49.1 Å². The standard InChI is InChI=1S/C24H27N3O5S/c1-25-11-19(28)23(30)17-9-15(5-6-18(17)25)12-27(7-3-4-8-27)13-16-14-33-21-10-20(29)26(21)22(16)24(31)32-2/h5-6,9,11,21H,3-4,7-8,10,12-14H2,1-2H3/p+1/t21-/m1/s1. The number of nitrogens with zero attached hydrogens (tertiary/aromatic N) is 3. The molecule has 5 rings (SSSR count). The summed E-state index contributed by atoms with van der Waals surface area (Å²) in [6.07, 6.45) is 4.09. The maximum absolute atomic E-state index is 12.6. The van der Waals surface area contributed by atoms with E-state index in [1.54, 1.807) is 21.2 Å². The number of likely N-dealkylation sites (tertiary alicyclic amines) is 1. The first-order chi connectivity index (χ1) is 15.8. The molecule has 1 N–H and O–H groups in total. The Balaban J connectivity index is 1.51. The van der Waals surface area contributed by atoms with Crippen molar-refractivity contribution in [3.05, 3.63) is 51.5 Å². The van der Waals surface area contributed by atoms with E-state index in [9.17, 15) is 19.5 Å². The summed E-state index contributed by atoms with van der Waals surface area (Å²) in [6.45, 7) is 3.32. The van der Waals surface area contributed by atoms with Crippen LogP contribution in [0.1, 0.15) is 24.8 Å². The van der Waals surface area contributed by atoms with Gasteiger partial charge in [-0.25, -0.2) is 4.79 Å². The van der Waals surface area contributed by atoms with E-state index in [0.717, 1.165) is 53.6 Å². The molecule has 2 fully saturated rings. The Labute approximate surface area is 196 Å². The highest BCUT2D eigenvalue weighted by atomic mass is 32.2. The Morgan fingerprint density at radius 3 is 2.70 bits per heavy atom. The minimum atomic E-state index is -0.439. The summed E-state index contributed by atoms with van der Waals surface area (Å²) in [4.78, 5) is 39.1. The van der Waals surface area contributed by atoms with Crippen LogP contribution in [0.4, 0.5) is 0 Å². The predicted molar refractivity (Wildman–Crippen MR) is 125 cm³/mol. The van der Waals surface area contributed by atoms with E-state index in [4.69, 9.17) is 4.74 Å². The molecule has 1 amide bonds. The molecule has 1 aromatic heterocycles. The molecule has 0 unspecified atom stereocenters. The highest BCUT2D eigenvalue weighted by Gasteiger charge is 2.47. The summed E-state index contributed by atoms with van der Waals surface area (Å²) in [5.41, 5.74) is 2.83. The van der Waals surface area contributed by atoms with Crippen molar-refractivity contribution in [2.45, 2.75) is 31.2 Å². The molecule has 4 heterocycles. The molecule has 9 heteroatoms. The number of aromatic nitrogens is 1. The summed E-state index contributed by atoms with van der Waals surface area (Å²) in [5, 5.41) is 10.5. The van der Waals surface area contributed by atoms with Gasteiger partial charge < -0.3 is 18.9 Å². The Bertz CT molecular complexity index is 1240. The number of esters is 1. The lowest BCUT2D eigenvalue weighted by atomic mass is 10.0. The number of aryl methyl sites for hydroxylation is 1. The number of thioether (sulfide) groups is 1. The van der Waals surface area contributed by atoms with E-state index >= 15 is 0 Å². The third-order valence-electron chi connectivity index (χ3n) is 7.10. The number of pyridine rings is 1. The molecule has 0 saturated carbocycles. The van der Waals surface area contributed by atoms with Crippen molar-refractivity contribution in [3.8, 4) is 5.75 Å². The second-order valence-electron chi connectivity index (χ2n) is 9.30. The molecule has 0 aliphatic carbocycles. The lowest BCUT2D eigenvalue weighted by molar-refractivity contribution is -0.925. The molecular weight excluding hydrogens is 442 g/mol. The van der Waals surface area contributed by atoms with E-state index in [0.29, 0.717) is 29.8 Å². The van der Waals surface area contributed by atoms with Crippen LogP contribution >= 0.6 is 11.8 Å². The van der Waals surface area contributed by atoms with Crippen LogP contribution in [0.5, 0.6) is 5.75 Å². The molecular formula is C24H28N3O5S+. The van der Waals surface area contributed by atoms with E-state index in [2.05, 4.69) is 0 Å². The van der Waals surface area contributed by atoms with Crippen molar-refractivity contribution in [1.29, 1.82) is 0 Å². The normalized spacial score (nSPS) is 21.8. The predicted octanol–water partition coefficient (Wildman–Crippen LogP) is 2.09. The average molecular weight is 471 g/mol. The fraction of sp³-hybridized carbons (Fsp3) is 0.458. The maximum Gasteiger partial charge on any atom is 0.355 e. The van der Waals surface area contributed by atoms with E-state index in [1.165, 1.54) is 13.3 Å². The van der Waals surface area contributed by atoms with Gasteiger partial charge in [-0.3, -0.25) is 14.5 Å². The van der Waals surface area contributed by atoms with Gasteiger partial charge in [-0.2, -0.15) is 0 Å². The molecule has 2 aromatic rings. The second kappa shape index (κ2) is 8.22. The Morgan fingerprint density at radius 2 is 2.00 bits per heavy atom. The van der Waals surface area contributed by atoms with Crippen LogP contribution in [0.3, 0.4) is 0 Å². The molecule has 2 saturated heterocycles. The summed E-state index contributed by atoms with van der Waals surface area (Å²) in [6, 6.07) is 5.85. The monoisotopic (exact) mass is 470 g/mol. The number of methoxy groups -OCH3 is 1. The third kappa shape index (κ3) is 3.73. The second-order valence-corrected chi connectivity index (χ2v) is 10.5. The number of hydrogen-bond acceptors (Lipinski definition) is 6. The van der Waals surface area contributed by atoms with E-state index in [1.807, 2.05) is 25.2 Å². The van der Waals surface area contributed by atoms with Crippen LogP contribution < -0.4 is 5.43 Å². The molecule has 1 atom stereocenters. The quantitative estimate of drug-likeness (QED) is 0.409. The van der Waals surface area contributed by atoms with Crippen molar-refractivity contribution in [1.82, 2.24) is 9.47 Å². The topological polar surface area (TPSA) is 88.8 Å². The first-order valence-corrected chi connectivity index (χ1v) is 12.3. The minimum Gasteiger partial charge on any atom is -0.503 e. The Hall–Kier alpha value is -2.78. The Morgan fingerprint density at radius 1 is 1.24 bits per heavy atom. The van der Waals surface area contributed by atoms with Gasteiger partial charge in [-0.1, -0.05) is 6.07 Å². The lowest BCUT2D eigenvalue weighted by Gasteiger charge is -2.45. The highest BCUT2D eigenvalue weighted by Crippen LogP contribution is 2.41.